The fourth-order valence-corrected chi connectivity index (χ4v) is 5.09. The van der Waals surface area contributed by atoms with Gasteiger partial charge in [0, 0.05) is 34.2 Å². The van der Waals surface area contributed by atoms with Crippen LogP contribution in [0.1, 0.15) is 52.8 Å². The maximum absolute atomic E-state index is 12.8. The number of carbonyl (C=O) groups is 2. The molecule has 0 radical (unpaired) electrons. The molecule has 2 N–H and O–H groups in total. The van der Waals surface area contributed by atoms with Crippen molar-refractivity contribution in [3.8, 4) is 22.6 Å². The van der Waals surface area contributed by atoms with Crippen LogP contribution in [-0.4, -0.2) is 62.9 Å². The van der Waals surface area contributed by atoms with Gasteiger partial charge in [-0.15, -0.1) is 0 Å². The number of methoxy groups -OCH3 is 1. The second-order valence-corrected chi connectivity index (χ2v) is 13.2. The van der Waals surface area contributed by atoms with Gasteiger partial charge in [0.05, 0.1) is 30.6 Å². The fraction of sp³-hybridized carbons (Fsp3) is 0.371. The number of carbonyl (C=O) groups excluding carboxylic acids is 2. The van der Waals surface area contributed by atoms with Crippen molar-refractivity contribution in [3.63, 3.8) is 0 Å². The number of aryl methyl sites for hydroxylation is 1. The lowest BCUT2D eigenvalue weighted by Gasteiger charge is -2.24. The Morgan fingerprint density at radius 1 is 0.913 bits per heavy atom. The zero-order valence-electron chi connectivity index (χ0n) is 27.6. The van der Waals surface area contributed by atoms with E-state index in [1.165, 1.54) is 4.68 Å². The van der Waals surface area contributed by atoms with Gasteiger partial charge in [-0.05, 0) is 102 Å². The van der Waals surface area contributed by atoms with Gasteiger partial charge in [-0.25, -0.2) is 9.59 Å². The monoisotopic (exact) mass is 627 g/mol. The molecule has 1 unspecified atom stereocenters. The number of ether oxygens (including phenoxy) is 4. The van der Waals surface area contributed by atoms with Gasteiger partial charge in [0.25, 0.3) is 0 Å². The first-order chi connectivity index (χ1) is 21.7. The first kappa shape index (κ1) is 32.3. The van der Waals surface area contributed by atoms with Gasteiger partial charge < -0.3 is 29.2 Å². The van der Waals surface area contributed by atoms with Crippen LogP contribution in [0.25, 0.3) is 32.9 Å². The first-order valence-electron chi connectivity index (χ1n) is 15.1. The largest absolute Gasteiger partial charge is 0.497 e. The van der Waals surface area contributed by atoms with E-state index in [9.17, 15) is 9.59 Å². The number of fused-ring (bicyclic) bond motifs is 2. The lowest BCUT2D eigenvalue weighted by molar-refractivity contribution is 0.0484. The van der Waals surface area contributed by atoms with Crippen molar-refractivity contribution in [3.05, 3.63) is 72.3 Å². The maximum atomic E-state index is 12.8. The normalized spacial score (nSPS) is 12.6. The number of nitrogens with one attached hydrogen (secondary N) is 2. The van der Waals surface area contributed by atoms with Crippen LogP contribution in [0, 0.1) is 6.92 Å². The zero-order chi connectivity index (χ0) is 33.2. The number of alkyl carbamates (subject to hydrolysis) is 1. The van der Waals surface area contributed by atoms with Crippen molar-refractivity contribution in [2.45, 2.75) is 72.1 Å². The van der Waals surface area contributed by atoms with E-state index in [1.807, 2.05) is 97.1 Å². The summed E-state index contributed by atoms with van der Waals surface area (Å²) in [7, 11) is 1.63. The van der Waals surface area contributed by atoms with E-state index in [2.05, 4.69) is 20.4 Å². The Labute approximate surface area is 268 Å². The third-order valence-electron chi connectivity index (χ3n) is 7.09. The molecule has 1 atom stereocenters. The smallest absolute Gasteiger partial charge is 0.435 e. The summed E-state index contributed by atoms with van der Waals surface area (Å²) in [5, 5.41) is 9.23. The molecule has 11 nitrogen and oxygen atoms in total. The average Bonchev–Trinajstić information content (AvgIpc) is 3.53. The van der Waals surface area contributed by atoms with E-state index < -0.39 is 29.4 Å². The van der Waals surface area contributed by atoms with Gasteiger partial charge in [-0.2, -0.15) is 9.78 Å². The molecule has 3 heterocycles. The van der Waals surface area contributed by atoms with E-state index in [0.29, 0.717) is 23.4 Å². The van der Waals surface area contributed by atoms with E-state index in [4.69, 9.17) is 18.9 Å². The predicted octanol–water partition coefficient (Wildman–Crippen LogP) is 7.19. The van der Waals surface area contributed by atoms with Crippen LogP contribution in [0.5, 0.6) is 11.5 Å². The van der Waals surface area contributed by atoms with Crippen LogP contribution in [0.2, 0.25) is 0 Å². The molecule has 242 valence electrons. The number of rotatable bonds is 8. The van der Waals surface area contributed by atoms with Crippen molar-refractivity contribution < 1.29 is 28.5 Å². The highest BCUT2D eigenvalue weighted by Crippen LogP contribution is 2.29. The van der Waals surface area contributed by atoms with Gasteiger partial charge in [0.2, 0.25) is 0 Å². The topological polar surface area (TPSA) is 130 Å². The van der Waals surface area contributed by atoms with Crippen molar-refractivity contribution in [2.75, 3.05) is 13.7 Å². The van der Waals surface area contributed by atoms with Crippen LogP contribution >= 0.6 is 0 Å². The third kappa shape index (κ3) is 7.77. The van der Waals surface area contributed by atoms with Crippen LogP contribution in [-0.2, 0) is 15.9 Å². The SMILES string of the molecule is COc1ccc2[nH]cc(CC(COc3cncc(-c4ccc5c(c4)c(C)nn5C(=O)OC(C)(C)C)c3)NC(=O)OC(C)(C)C)c2c1. The van der Waals surface area contributed by atoms with Crippen molar-refractivity contribution in [1.82, 2.24) is 25.1 Å². The highest BCUT2D eigenvalue weighted by Gasteiger charge is 2.23. The highest BCUT2D eigenvalue weighted by atomic mass is 16.6. The number of benzene rings is 2. The lowest BCUT2D eigenvalue weighted by Crippen LogP contribution is -2.43. The number of aromatic nitrogens is 4. The van der Waals surface area contributed by atoms with Crippen LogP contribution < -0.4 is 14.8 Å². The van der Waals surface area contributed by atoms with Gasteiger partial charge in [-0.3, -0.25) is 4.98 Å². The molecule has 0 spiro atoms. The van der Waals surface area contributed by atoms with Crippen LogP contribution in [0.3, 0.4) is 0 Å². The summed E-state index contributed by atoms with van der Waals surface area (Å²) >= 11 is 0. The van der Waals surface area contributed by atoms with E-state index in [0.717, 1.165) is 38.7 Å². The summed E-state index contributed by atoms with van der Waals surface area (Å²) in [6, 6.07) is 13.0. The zero-order valence-corrected chi connectivity index (χ0v) is 27.6. The molecule has 0 bridgehead atoms. The van der Waals surface area contributed by atoms with Gasteiger partial charge in [0.1, 0.15) is 29.3 Å². The molecule has 5 rings (SSSR count). The molecule has 0 saturated heterocycles. The third-order valence-corrected chi connectivity index (χ3v) is 7.09. The minimum absolute atomic E-state index is 0.168. The van der Waals surface area contributed by atoms with Gasteiger partial charge in [0.15, 0.2) is 0 Å². The molecule has 0 aliphatic rings. The van der Waals surface area contributed by atoms with E-state index in [-0.39, 0.29) is 6.61 Å². The summed E-state index contributed by atoms with van der Waals surface area (Å²) in [5.74, 6) is 1.28. The van der Waals surface area contributed by atoms with Crippen molar-refractivity contribution >= 4 is 34.0 Å². The number of hydrogen-bond acceptors (Lipinski definition) is 8. The fourth-order valence-electron chi connectivity index (χ4n) is 5.09. The summed E-state index contributed by atoms with van der Waals surface area (Å²) in [4.78, 5) is 33.2. The molecule has 5 aromatic rings. The van der Waals surface area contributed by atoms with Crippen LogP contribution in [0.4, 0.5) is 9.59 Å². The van der Waals surface area contributed by atoms with Crippen molar-refractivity contribution in [1.29, 1.82) is 0 Å². The first-order valence-corrected chi connectivity index (χ1v) is 15.1. The Kier molecular flexibility index (Phi) is 8.96. The number of aromatic amines is 1. The Balaban J connectivity index is 1.36. The predicted molar refractivity (Wildman–Crippen MR) is 177 cm³/mol. The van der Waals surface area contributed by atoms with Crippen molar-refractivity contribution in [2.24, 2.45) is 0 Å². The molecule has 2 aromatic carbocycles. The van der Waals surface area contributed by atoms with E-state index in [1.54, 1.807) is 19.5 Å². The molecule has 0 saturated carbocycles. The number of H-pyrrole nitrogens is 1. The highest BCUT2D eigenvalue weighted by molar-refractivity contribution is 5.92. The number of pyridine rings is 1. The number of nitrogens with zero attached hydrogens (tertiary/aromatic N) is 3. The Morgan fingerprint density at radius 2 is 1.67 bits per heavy atom. The molecule has 46 heavy (non-hydrogen) atoms. The Bertz CT molecular complexity index is 1880. The molecule has 3 aromatic heterocycles. The average molecular weight is 628 g/mol. The van der Waals surface area contributed by atoms with E-state index >= 15 is 0 Å². The molecule has 0 aliphatic heterocycles. The molecule has 0 aliphatic carbocycles. The minimum atomic E-state index is -0.648. The molecule has 1 amide bonds. The summed E-state index contributed by atoms with van der Waals surface area (Å²) in [5.41, 5.74) is 3.74. The van der Waals surface area contributed by atoms with Gasteiger partial charge in [-0.1, -0.05) is 6.07 Å². The number of hydrogen-bond donors (Lipinski definition) is 2. The van der Waals surface area contributed by atoms with Gasteiger partial charge >= 0.3 is 12.2 Å². The number of amides is 1. The summed E-state index contributed by atoms with van der Waals surface area (Å²) in [6.07, 6.45) is 4.74. The summed E-state index contributed by atoms with van der Waals surface area (Å²) < 4.78 is 24.0. The second-order valence-electron chi connectivity index (χ2n) is 13.2. The molecule has 11 heteroatoms. The molecular formula is C35H41N5O6. The Hall–Kier alpha value is -5.06. The standard InChI is InChI=1S/C35H41N5O6/c1-21-28-15-22(9-12-31(28)40(39-21)33(42)46-35(5,6)7)23-14-27(19-36-17-23)44-20-25(38-32(41)45-34(2,3)4)13-24-18-37-30-11-10-26(43-8)16-29(24)30/h9-12,14-19,25,37H,13,20H2,1-8H3,(H,38,41). The maximum Gasteiger partial charge on any atom is 0.435 e. The quantitative estimate of drug-likeness (QED) is 0.185. The Morgan fingerprint density at radius 3 is 2.39 bits per heavy atom. The second kappa shape index (κ2) is 12.7. The minimum Gasteiger partial charge on any atom is -0.497 e. The molecular weight excluding hydrogens is 586 g/mol. The van der Waals surface area contributed by atoms with Crippen LogP contribution in [0.15, 0.2) is 61.1 Å². The summed E-state index contributed by atoms with van der Waals surface area (Å²) in [6.45, 7) is 12.9. The molecule has 0 fully saturated rings. The lowest BCUT2D eigenvalue weighted by atomic mass is 10.0.